The number of hydrogen-bond donors (Lipinski definition) is 1. The molecule has 4 heteroatoms. The van der Waals surface area contributed by atoms with Crippen LogP contribution in [0, 0.1) is 0 Å². The van der Waals surface area contributed by atoms with Gasteiger partial charge in [-0.15, -0.1) is 17.0 Å². The number of halogens is 2. The fourth-order valence-electron chi connectivity index (χ4n) is 2.57. The zero-order valence-electron chi connectivity index (χ0n) is 11.5. The van der Waals surface area contributed by atoms with Crippen molar-refractivity contribution in [2.24, 2.45) is 0 Å². The van der Waals surface area contributed by atoms with Gasteiger partial charge in [0.15, 0.2) is 0 Å². The summed E-state index contributed by atoms with van der Waals surface area (Å²) in [7, 11) is 1.70. The molecule has 19 heavy (non-hydrogen) atoms. The van der Waals surface area contributed by atoms with Crippen LogP contribution >= 0.6 is 32.9 Å². The standard InChI is InChI=1S/C15H22BrNO.BrH/c1-18-15-9-8-12(10-14(15)16)11-17-13-6-4-2-3-5-7-13;/h8-10,13,17H,2-7,11H2,1H3;1H. The van der Waals surface area contributed by atoms with E-state index in [1.807, 2.05) is 6.07 Å². The molecule has 0 aromatic heterocycles. The molecule has 2 nitrogen and oxygen atoms in total. The first kappa shape index (κ1) is 17.0. The Morgan fingerprint density at radius 1 is 1.21 bits per heavy atom. The van der Waals surface area contributed by atoms with E-state index in [0.29, 0.717) is 6.04 Å². The maximum atomic E-state index is 5.24. The van der Waals surface area contributed by atoms with Crippen LogP contribution in [-0.2, 0) is 6.54 Å². The first-order valence-electron chi connectivity index (χ1n) is 6.85. The minimum absolute atomic E-state index is 0. The fraction of sp³-hybridized carbons (Fsp3) is 0.600. The van der Waals surface area contributed by atoms with Gasteiger partial charge in [-0.2, -0.15) is 0 Å². The molecule has 1 aliphatic carbocycles. The third-order valence-corrected chi connectivity index (χ3v) is 4.29. The lowest BCUT2D eigenvalue weighted by molar-refractivity contribution is 0.411. The van der Waals surface area contributed by atoms with Crippen LogP contribution in [0.3, 0.4) is 0 Å². The van der Waals surface area contributed by atoms with E-state index in [0.717, 1.165) is 16.8 Å². The molecule has 1 saturated carbocycles. The number of methoxy groups -OCH3 is 1. The Balaban J connectivity index is 0.00000180. The van der Waals surface area contributed by atoms with Crippen molar-refractivity contribution in [1.29, 1.82) is 0 Å². The normalized spacial score (nSPS) is 16.5. The minimum Gasteiger partial charge on any atom is -0.496 e. The molecule has 0 bridgehead atoms. The third kappa shape index (κ3) is 5.44. The Bertz CT molecular complexity index is 376. The van der Waals surface area contributed by atoms with E-state index in [4.69, 9.17) is 4.74 Å². The summed E-state index contributed by atoms with van der Waals surface area (Å²) in [5.41, 5.74) is 1.31. The molecule has 1 N–H and O–H groups in total. The number of benzene rings is 1. The quantitative estimate of drug-likeness (QED) is 0.739. The van der Waals surface area contributed by atoms with Gasteiger partial charge >= 0.3 is 0 Å². The van der Waals surface area contributed by atoms with Gasteiger partial charge < -0.3 is 10.1 Å². The molecule has 1 fully saturated rings. The summed E-state index contributed by atoms with van der Waals surface area (Å²) in [5.74, 6) is 0.896. The van der Waals surface area contributed by atoms with Gasteiger partial charge in [-0.25, -0.2) is 0 Å². The van der Waals surface area contributed by atoms with E-state index in [9.17, 15) is 0 Å². The second-order valence-corrected chi connectivity index (χ2v) is 5.89. The van der Waals surface area contributed by atoms with Gasteiger partial charge in [0.05, 0.1) is 11.6 Å². The first-order valence-corrected chi connectivity index (χ1v) is 7.64. The van der Waals surface area contributed by atoms with Crippen molar-refractivity contribution in [2.45, 2.75) is 51.1 Å². The zero-order chi connectivity index (χ0) is 12.8. The molecular formula is C15H23Br2NO. The van der Waals surface area contributed by atoms with Crippen molar-refractivity contribution >= 4 is 32.9 Å². The van der Waals surface area contributed by atoms with E-state index in [1.54, 1.807) is 7.11 Å². The molecule has 1 aromatic rings. The molecule has 0 aliphatic heterocycles. The third-order valence-electron chi connectivity index (χ3n) is 3.67. The summed E-state index contributed by atoms with van der Waals surface area (Å²) >= 11 is 3.53. The Morgan fingerprint density at radius 2 is 1.89 bits per heavy atom. The molecule has 0 atom stereocenters. The van der Waals surface area contributed by atoms with Crippen LogP contribution in [0.4, 0.5) is 0 Å². The summed E-state index contributed by atoms with van der Waals surface area (Å²) in [4.78, 5) is 0. The second kappa shape index (κ2) is 8.98. The SMILES string of the molecule is Br.COc1ccc(CNC2CCCCCC2)cc1Br. The predicted molar refractivity (Wildman–Crippen MR) is 89.3 cm³/mol. The average Bonchev–Trinajstić information content (AvgIpc) is 2.65. The van der Waals surface area contributed by atoms with Crippen molar-refractivity contribution in [3.05, 3.63) is 28.2 Å². The number of hydrogen-bond acceptors (Lipinski definition) is 2. The van der Waals surface area contributed by atoms with Gasteiger partial charge in [0.2, 0.25) is 0 Å². The summed E-state index contributed by atoms with van der Waals surface area (Å²) < 4.78 is 6.28. The summed E-state index contributed by atoms with van der Waals surface area (Å²) in [6.07, 6.45) is 8.24. The van der Waals surface area contributed by atoms with Crippen LogP contribution in [0.15, 0.2) is 22.7 Å². The van der Waals surface area contributed by atoms with Gasteiger partial charge in [0, 0.05) is 12.6 Å². The molecule has 0 amide bonds. The van der Waals surface area contributed by atoms with Crippen LogP contribution in [0.2, 0.25) is 0 Å². The predicted octanol–water partition coefficient (Wildman–Crippen LogP) is 4.85. The van der Waals surface area contributed by atoms with E-state index in [-0.39, 0.29) is 17.0 Å². The van der Waals surface area contributed by atoms with Gasteiger partial charge in [-0.05, 0) is 46.5 Å². The highest BCUT2D eigenvalue weighted by atomic mass is 79.9. The van der Waals surface area contributed by atoms with Crippen LogP contribution in [0.1, 0.15) is 44.1 Å². The largest absolute Gasteiger partial charge is 0.496 e. The van der Waals surface area contributed by atoms with E-state index < -0.39 is 0 Å². The highest BCUT2D eigenvalue weighted by Crippen LogP contribution is 2.25. The van der Waals surface area contributed by atoms with Crippen LogP contribution in [0.25, 0.3) is 0 Å². The Kier molecular flexibility index (Phi) is 8.03. The smallest absolute Gasteiger partial charge is 0.133 e. The van der Waals surface area contributed by atoms with Crippen LogP contribution in [0.5, 0.6) is 5.75 Å². The van der Waals surface area contributed by atoms with Crippen molar-refractivity contribution in [2.75, 3.05) is 7.11 Å². The van der Waals surface area contributed by atoms with Gasteiger partial charge in [-0.1, -0.05) is 31.7 Å². The molecule has 0 heterocycles. The maximum absolute atomic E-state index is 5.24. The number of ether oxygens (including phenoxy) is 1. The lowest BCUT2D eigenvalue weighted by atomic mass is 10.1. The highest BCUT2D eigenvalue weighted by Gasteiger charge is 2.11. The van der Waals surface area contributed by atoms with Crippen molar-refractivity contribution in [3.8, 4) is 5.75 Å². The fourth-order valence-corrected chi connectivity index (χ4v) is 3.15. The van der Waals surface area contributed by atoms with Crippen molar-refractivity contribution in [1.82, 2.24) is 5.32 Å². The van der Waals surface area contributed by atoms with Gasteiger partial charge in [-0.3, -0.25) is 0 Å². The minimum atomic E-state index is 0. The van der Waals surface area contributed by atoms with E-state index in [1.165, 1.54) is 44.1 Å². The Morgan fingerprint density at radius 3 is 2.47 bits per heavy atom. The van der Waals surface area contributed by atoms with E-state index in [2.05, 4.69) is 33.4 Å². The van der Waals surface area contributed by atoms with Crippen LogP contribution in [-0.4, -0.2) is 13.2 Å². The number of nitrogens with one attached hydrogen (secondary N) is 1. The Labute approximate surface area is 135 Å². The zero-order valence-corrected chi connectivity index (χ0v) is 14.8. The molecule has 1 aliphatic rings. The van der Waals surface area contributed by atoms with Crippen molar-refractivity contribution < 1.29 is 4.74 Å². The molecule has 0 saturated heterocycles. The van der Waals surface area contributed by atoms with Crippen LogP contribution < -0.4 is 10.1 Å². The monoisotopic (exact) mass is 391 g/mol. The number of rotatable bonds is 4. The molecule has 1 aromatic carbocycles. The summed E-state index contributed by atoms with van der Waals surface area (Å²) in [6.45, 7) is 0.952. The highest BCUT2D eigenvalue weighted by molar-refractivity contribution is 9.10. The lowest BCUT2D eigenvalue weighted by Crippen LogP contribution is -2.27. The lowest BCUT2D eigenvalue weighted by Gasteiger charge is -2.16. The van der Waals surface area contributed by atoms with E-state index >= 15 is 0 Å². The first-order chi connectivity index (χ1) is 8.79. The average molecular weight is 393 g/mol. The van der Waals surface area contributed by atoms with Gasteiger partial charge in [0.25, 0.3) is 0 Å². The van der Waals surface area contributed by atoms with Crippen molar-refractivity contribution in [3.63, 3.8) is 0 Å². The molecule has 0 spiro atoms. The summed E-state index contributed by atoms with van der Waals surface area (Å²) in [5, 5.41) is 3.68. The molecule has 0 radical (unpaired) electrons. The summed E-state index contributed by atoms with van der Waals surface area (Å²) in [6, 6.07) is 7.00. The molecular weight excluding hydrogens is 370 g/mol. The second-order valence-electron chi connectivity index (χ2n) is 5.04. The van der Waals surface area contributed by atoms with Gasteiger partial charge in [0.1, 0.15) is 5.75 Å². The molecule has 0 unspecified atom stereocenters. The topological polar surface area (TPSA) is 21.3 Å². The molecule has 108 valence electrons. The Hall–Kier alpha value is -0.0600. The maximum Gasteiger partial charge on any atom is 0.133 e. The molecule has 2 rings (SSSR count).